The van der Waals surface area contributed by atoms with Crippen molar-refractivity contribution in [2.24, 2.45) is 0 Å². The first kappa shape index (κ1) is 21.8. The molecule has 2 aliphatic rings. The van der Waals surface area contributed by atoms with Crippen molar-refractivity contribution >= 4 is 34.3 Å². The van der Waals surface area contributed by atoms with Crippen molar-refractivity contribution in [3.63, 3.8) is 0 Å². The number of thiazole rings is 2. The van der Waals surface area contributed by atoms with Crippen LogP contribution >= 0.6 is 34.3 Å². The summed E-state index contributed by atoms with van der Waals surface area (Å²) in [5.41, 5.74) is 4.46. The fraction of sp³-hybridized carbons (Fsp3) is 0.308. The molecular formula is C26H26ClN3S2. The maximum atomic E-state index is 6.15. The molecule has 0 saturated carbocycles. The highest BCUT2D eigenvalue weighted by Gasteiger charge is 2.47. The van der Waals surface area contributed by atoms with Crippen molar-refractivity contribution in [3.05, 3.63) is 93.5 Å². The molecule has 6 rings (SSSR count). The van der Waals surface area contributed by atoms with Gasteiger partial charge in [0.15, 0.2) is 0 Å². The molecule has 4 atom stereocenters. The molecule has 2 aromatic carbocycles. The molecule has 0 unspecified atom stereocenters. The molecule has 32 heavy (non-hydrogen) atoms. The minimum absolute atomic E-state index is 0.456. The molecule has 0 radical (unpaired) electrons. The monoisotopic (exact) mass is 479 g/mol. The molecular weight excluding hydrogens is 454 g/mol. The largest absolute Gasteiger partial charge is 0.300 e. The van der Waals surface area contributed by atoms with Crippen LogP contribution in [-0.2, 0) is 0 Å². The Balaban J connectivity index is 0.000000383. The quantitative estimate of drug-likeness (QED) is 0.307. The summed E-state index contributed by atoms with van der Waals surface area (Å²) in [6.07, 6.45) is 7.62. The maximum absolute atomic E-state index is 6.15. The molecule has 4 heterocycles. The van der Waals surface area contributed by atoms with Crippen LogP contribution in [0.3, 0.4) is 0 Å². The van der Waals surface area contributed by atoms with Crippen LogP contribution in [-0.4, -0.2) is 34.0 Å². The van der Waals surface area contributed by atoms with E-state index in [1.54, 1.807) is 23.0 Å². The standard InChI is InChI=1S/C23H23ClN2S.C3H3NS/c1-26-18-11-12-20(26)22(19(13-18)15-7-9-17(24)10-8-15)23-25-14-21(27-23)16-5-3-2-4-6-16;1-2-5-3-4-1/h2-10,14,18-20,22H,11-13H2,1H3;1-3H/t18-,19+,20+,22-;/m0./s1. The fourth-order valence-corrected chi connectivity index (χ4v) is 6.83. The third kappa shape index (κ3) is 4.53. The average Bonchev–Trinajstić information content (AvgIpc) is 3.59. The lowest BCUT2D eigenvalue weighted by Gasteiger charge is -2.42. The summed E-state index contributed by atoms with van der Waals surface area (Å²) >= 11 is 9.62. The van der Waals surface area contributed by atoms with E-state index in [0.29, 0.717) is 23.9 Å². The van der Waals surface area contributed by atoms with Crippen molar-refractivity contribution in [3.8, 4) is 10.4 Å². The van der Waals surface area contributed by atoms with Gasteiger partial charge in [-0.25, -0.2) is 4.98 Å². The first-order chi connectivity index (χ1) is 15.7. The van der Waals surface area contributed by atoms with Gasteiger partial charge in [-0.1, -0.05) is 54.1 Å². The molecule has 3 nitrogen and oxygen atoms in total. The molecule has 0 amide bonds. The van der Waals surface area contributed by atoms with Crippen LogP contribution in [0.25, 0.3) is 10.4 Å². The number of rotatable bonds is 3. The topological polar surface area (TPSA) is 29.0 Å². The molecule has 0 spiro atoms. The molecule has 164 valence electrons. The summed E-state index contributed by atoms with van der Waals surface area (Å²) < 4.78 is 0. The maximum Gasteiger partial charge on any atom is 0.0983 e. The first-order valence-corrected chi connectivity index (χ1v) is 13.1. The van der Waals surface area contributed by atoms with Gasteiger partial charge in [-0.3, -0.25) is 9.88 Å². The number of hydrogen-bond donors (Lipinski definition) is 0. The minimum atomic E-state index is 0.456. The smallest absolute Gasteiger partial charge is 0.0983 e. The van der Waals surface area contributed by atoms with Crippen LogP contribution in [0.2, 0.25) is 5.02 Å². The second-order valence-corrected chi connectivity index (χ2v) is 10.7. The number of benzene rings is 2. The molecule has 2 aromatic heterocycles. The number of halogens is 1. The Kier molecular flexibility index (Phi) is 6.69. The van der Waals surface area contributed by atoms with Gasteiger partial charge in [-0.2, -0.15) is 0 Å². The van der Waals surface area contributed by atoms with E-state index in [-0.39, 0.29) is 0 Å². The lowest BCUT2D eigenvalue weighted by atomic mass is 9.76. The van der Waals surface area contributed by atoms with E-state index >= 15 is 0 Å². The van der Waals surface area contributed by atoms with E-state index in [9.17, 15) is 0 Å². The summed E-state index contributed by atoms with van der Waals surface area (Å²) in [7, 11) is 2.30. The third-order valence-electron chi connectivity index (χ3n) is 6.78. The van der Waals surface area contributed by atoms with Gasteiger partial charge in [0.2, 0.25) is 0 Å². The molecule has 0 N–H and O–H groups in total. The summed E-state index contributed by atoms with van der Waals surface area (Å²) in [5.74, 6) is 0.975. The van der Waals surface area contributed by atoms with Crippen LogP contribution in [0.1, 0.15) is 41.7 Å². The Hall–Kier alpha value is -2.05. The fourth-order valence-electron chi connectivity index (χ4n) is 5.21. The van der Waals surface area contributed by atoms with E-state index in [0.717, 1.165) is 5.02 Å². The zero-order valence-corrected chi connectivity index (χ0v) is 20.4. The van der Waals surface area contributed by atoms with Gasteiger partial charge in [0.1, 0.15) is 0 Å². The van der Waals surface area contributed by atoms with Crippen LogP contribution in [0, 0.1) is 0 Å². The van der Waals surface area contributed by atoms with Gasteiger partial charge in [0.05, 0.1) is 15.4 Å². The lowest BCUT2D eigenvalue weighted by molar-refractivity contribution is 0.137. The van der Waals surface area contributed by atoms with Crippen molar-refractivity contribution in [2.75, 3.05) is 7.05 Å². The Bertz CT molecular complexity index is 1090. The molecule has 6 heteroatoms. The van der Waals surface area contributed by atoms with E-state index in [2.05, 4.69) is 65.6 Å². The number of fused-ring (bicyclic) bond motifs is 2. The molecule has 2 fully saturated rings. The normalized spacial score (nSPS) is 24.7. The van der Waals surface area contributed by atoms with Crippen LogP contribution in [0.5, 0.6) is 0 Å². The van der Waals surface area contributed by atoms with Gasteiger partial charge in [0.25, 0.3) is 0 Å². The van der Waals surface area contributed by atoms with Crippen molar-refractivity contribution in [1.82, 2.24) is 14.9 Å². The van der Waals surface area contributed by atoms with E-state index < -0.39 is 0 Å². The Labute approximate surface area is 202 Å². The van der Waals surface area contributed by atoms with Gasteiger partial charge < -0.3 is 0 Å². The van der Waals surface area contributed by atoms with Gasteiger partial charge in [0, 0.05) is 40.8 Å². The Morgan fingerprint density at radius 2 is 1.84 bits per heavy atom. The zero-order valence-electron chi connectivity index (χ0n) is 18.0. The number of nitrogens with zero attached hydrogens (tertiary/aromatic N) is 3. The molecule has 2 bridgehead atoms. The summed E-state index contributed by atoms with van der Waals surface area (Å²) in [4.78, 5) is 12.5. The van der Waals surface area contributed by atoms with Crippen molar-refractivity contribution < 1.29 is 0 Å². The number of hydrogen-bond acceptors (Lipinski definition) is 5. The molecule has 4 aromatic rings. The number of piperidine rings is 1. The summed E-state index contributed by atoms with van der Waals surface area (Å²) in [6.45, 7) is 0. The third-order valence-corrected chi connectivity index (χ3v) is 8.70. The average molecular weight is 480 g/mol. The minimum Gasteiger partial charge on any atom is -0.300 e. The van der Waals surface area contributed by atoms with Gasteiger partial charge >= 0.3 is 0 Å². The first-order valence-electron chi connectivity index (χ1n) is 11.0. The van der Waals surface area contributed by atoms with E-state index in [1.165, 1.54) is 40.3 Å². The Morgan fingerprint density at radius 1 is 1.03 bits per heavy atom. The van der Waals surface area contributed by atoms with Crippen LogP contribution in [0.4, 0.5) is 0 Å². The highest BCUT2D eigenvalue weighted by molar-refractivity contribution is 7.15. The predicted octanol–water partition coefficient (Wildman–Crippen LogP) is 7.34. The highest BCUT2D eigenvalue weighted by atomic mass is 35.5. The highest BCUT2D eigenvalue weighted by Crippen LogP contribution is 2.52. The number of aromatic nitrogens is 2. The van der Waals surface area contributed by atoms with Crippen LogP contribution < -0.4 is 0 Å². The molecule has 0 aliphatic carbocycles. The summed E-state index contributed by atoms with van der Waals surface area (Å²) in [5, 5.41) is 4.03. The second kappa shape index (κ2) is 9.84. The zero-order chi connectivity index (χ0) is 21.9. The lowest BCUT2D eigenvalue weighted by Crippen LogP contribution is -2.44. The van der Waals surface area contributed by atoms with Crippen molar-refractivity contribution in [1.29, 1.82) is 0 Å². The van der Waals surface area contributed by atoms with Gasteiger partial charge in [-0.05, 0) is 55.5 Å². The van der Waals surface area contributed by atoms with E-state index in [4.69, 9.17) is 16.6 Å². The second-order valence-electron chi connectivity index (χ2n) is 8.49. The number of likely N-dealkylation sites (N-methyl/N-ethyl adjacent to an activating group) is 1. The van der Waals surface area contributed by atoms with Gasteiger partial charge in [-0.15, -0.1) is 22.7 Å². The van der Waals surface area contributed by atoms with Crippen molar-refractivity contribution in [2.45, 2.75) is 43.2 Å². The SMILES string of the molecule is CN1[C@H]2CC[C@@H]1[C@@H](c1ncc(-c3ccccc3)s1)[C@@H](c1ccc(Cl)cc1)C2.c1cscn1. The van der Waals surface area contributed by atoms with E-state index in [1.807, 2.05) is 28.8 Å². The molecule has 2 aliphatic heterocycles. The Morgan fingerprint density at radius 3 is 2.53 bits per heavy atom. The predicted molar refractivity (Wildman–Crippen MR) is 136 cm³/mol. The summed E-state index contributed by atoms with van der Waals surface area (Å²) in [6, 6.07) is 20.4. The molecule has 2 saturated heterocycles. The van der Waals surface area contributed by atoms with Crippen LogP contribution in [0.15, 0.2) is 77.9 Å².